The van der Waals surface area contributed by atoms with Crippen molar-refractivity contribution in [1.29, 1.82) is 0 Å². The standard InChI is InChI=1S/C15H22N2O/c1-10(2)17-13-6-5-12(15(3,4)9-16)7-11(13)8-14(17)18/h5-7,10H,8-9,16H2,1-4H3. The van der Waals surface area contributed by atoms with E-state index in [0.717, 1.165) is 11.3 Å². The molecule has 1 aromatic rings. The third kappa shape index (κ3) is 2.03. The second-order valence-electron chi connectivity index (χ2n) is 5.97. The highest BCUT2D eigenvalue weighted by atomic mass is 16.2. The van der Waals surface area contributed by atoms with E-state index in [1.807, 2.05) is 18.7 Å². The molecule has 0 radical (unpaired) electrons. The van der Waals surface area contributed by atoms with Gasteiger partial charge in [0.15, 0.2) is 0 Å². The van der Waals surface area contributed by atoms with Crippen LogP contribution in [0.4, 0.5) is 5.69 Å². The molecule has 3 nitrogen and oxygen atoms in total. The summed E-state index contributed by atoms with van der Waals surface area (Å²) >= 11 is 0. The van der Waals surface area contributed by atoms with Crippen LogP contribution in [0.5, 0.6) is 0 Å². The Bertz CT molecular complexity index is 477. The van der Waals surface area contributed by atoms with Crippen LogP contribution in [-0.4, -0.2) is 18.5 Å². The van der Waals surface area contributed by atoms with Gasteiger partial charge >= 0.3 is 0 Å². The van der Waals surface area contributed by atoms with Crippen LogP contribution in [0.15, 0.2) is 18.2 Å². The summed E-state index contributed by atoms with van der Waals surface area (Å²) in [7, 11) is 0. The number of fused-ring (bicyclic) bond motifs is 1. The summed E-state index contributed by atoms with van der Waals surface area (Å²) in [6, 6.07) is 6.52. The van der Waals surface area contributed by atoms with Gasteiger partial charge in [-0.15, -0.1) is 0 Å². The molecule has 1 aliphatic heterocycles. The number of anilines is 1. The minimum absolute atomic E-state index is 0.0384. The van der Waals surface area contributed by atoms with Gasteiger partial charge in [-0.05, 0) is 31.0 Å². The molecule has 0 fully saturated rings. The molecule has 98 valence electrons. The Morgan fingerprint density at radius 1 is 1.39 bits per heavy atom. The number of rotatable bonds is 3. The molecule has 0 saturated carbocycles. The number of hydrogen-bond acceptors (Lipinski definition) is 2. The van der Waals surface area contributed by atoms with Crippen LogP contribution in [0.25, 0.3) is 0 Å². The first-order chi connectivity index (χ1) is 8.36. The van der Waals surface area contributed by atoms with Gasteiger partial charge in [0.2, 0.25) is 5.91 Å². The molecule has 1 aliphatic rings. The predicted molar refractivity (Wildman–Crippen MR) is 74.8 cm³/mol. The SMILES string of the molecule is CC(C)N1C(=O)Cc2cc(C(C)(C)CN)ccc21. The van der Waals surface area contributed by atoms with Gasteiger partial charge in [-0.3, -0.25) is 4.79 Å². The van der Waals surface area contributed by atoms with E-state index < -0.39 is 0 Å². The van der Waals surface area contributed by atoms with Crippen LogP contribution in [0.3, 0.4) is 0 Å². The number of benzene rings is 1. The molecule has 0 saturated heterocycles. The van der Waals surface area contributed by atoms with Gasteiger partial charge in [0.25, 0.3) is 0 Å². The van der Waals surface area contributed by atoms with Crippen LogP contribution in [0.1, 0.15) is 38.8 Å². The number of hydrogen-bond donors (Lipinski definition) is 1. The van der Waals surface area contributed by atoms with E-state index in [9.17, 15) is 4.79 Å². The van der Waals surface area contributed by atoms with Crippen molar-refractivity contribution >= 4 is 11.6 Å². The molecule has 18 heavy (non-hydrogen) atoms. The maximum absolute atomic E-state index is 12.0. The van der Waals surface area contributed by atoms with E-state index in [-0.39, 0.29) is 17.4 Å². The molecule has 0 aromatic heterocycles. The molecule has 0 bridgehead atoms. The summed E-state index contributed by atoms with van der Waals surface area (Å²) in [4.78, 5) is 13.9. The summed E-state index contributed by atoms with van der Waals surface area (Å²) < 4.78 is 0. The fourth-order valence-corrected chi connectivity index (χ4v) is 2.45. The van der Waals surface area contributed by atoms with Crippen molar-refractivity contribution in [2.24, 2.45) is 5.73 Å². The van der Waals surface area contributed by atoms with Gasteiger partial charge in [-0.25, -0.2) is 0 Å². The van der Waals surface area contributed by atoms with Crippen molar-refractivity contribution < 1.29 is 4.79 Å². The van der Waals surface area contributed by atoms with E-state index in [1.54, 1.807) is 0 Å². The Balaban J connectivity index is 2.43. The van der Waals surface area contributed by atoms with Gasteiger partial charge in [0, 0.05) is 23.7 Å². The Kier molecular flexibility index (Phi) is 3.20. The van der Waals surface area contributed by atoms with Crippen LogP contribution < -0.4 is 10.6 Å². The molecular formula is C15H22N2O. The van der Waals surface area contributed by atoms with E-state index >= 15 is 0 Å². The van der Waals surface area contributed by atoms with Crippen LogP contribution in [0.2, 0.25) is 0 Å². The van der Waals surface area contributed by atoms with E-state index in [1.165, 1.54) is 5.56 Å². The fraction of sp³-hybridized carbons (Fsp3) is 0.533. The normalized spacial score (nSPS) is 15.4. The molecule has 3 heteroatoms. The van der Waals surface area contributed by atoms with Crippen molar-refractivity contribution in [2.45, 2.75) is 45.6 Å². The highest BCUT2D eigenvalue weighted by Gasteiger charge is 2.30. The smallest absolute Gasteiger partial charge is 0.231 e. The van der Waals surface area contributed by atoms with Gasteiger partial charge < -0.3 is 10.6 Å². The van der Waals surface area contributed by atoms with Gasteiger partial charge in [-0.2, -0.15) is 0 Å². The first-order valence-electron chi connectivity index (χ1n) is 6.52. The van der Waals surface area contributed by atoms with E-state index in [0.29, 0.717) is 13.0 Å². The topological polar surface area (TPSA) is 46.3 Å². The monoisotopic (exact) mass is 246 g/mol. The first-order valence-corrected chi connectivity index (χ1v) is 6.52. The first kappa shape index (κ1) is 13.1. The zero-order chi connectivity index (χ0) is 13.5. The summed E-state index contributed by atoms with van der Waals surface area (Å²) in [5, 5.41) is 0. The second-order valence-corrected chi connectivity index (χ2v) is 5.97. The third-order valence-electron chi connectivity index (χ3n) is 3.76. The highest BCUT2D eigenvalue weighted by Crippen LogP contribution is 2.34. The molecule has 0 spiro atoms. The van der Waals surface area contributed by atoms with Crippen molar-refractivity contribution in [3.63, 3.8) is 0 Å². The predicted octanol–water partition coefficient (Wildman–Crippen LogP) is 2.22. The average Bonchev–Trinajstić information content (AvgIpc) is 2.63. The Hall–Kier alpha value is -1.35. The number of nitrogens with two attached hydrogens (primary N) is 1. The molecule has 1 aromatic carbocycles. The number of nitrogens with zero attached hydrogens (tertiary/aromatic N) is 1. The van der Waals surface area contributed by atoms with Crippen molar-refractivity contribution in [3.8, 4) is 0 Å². The third-order valence-corrected chi connectivity index (χ3v) is 3.76. The highest BCUT2D eigenvalue weighted by molar-refractivity contribution is 6.01. The van der Waals surface area contributed by atoms with Crippen molar-refractivity contribution in [2.75, 3.05) is 11.4 Å². The number of carbonyl (C=O) groups is 1. The molecule has 1 amide bonds. The van der Waals surface area contributed by atoms with Crippen LogP contribution in [-0.2, 0) is 16.6 Å². The number of amides is 1. The second kappa shape index (κ2) is 4.39. The lowest BCUT2D eigenvalue weighted by Crippen LogP contribution is -2.33. The number of carbonyl (C=O) groups excluding carboxylic acids is 1. The fourth-order valence-electron chi connectivity index (χ4n) is 2.45. The molecule has 1 heterocycles. The summed E-state index contributed by atoms with van der Waals surface area (Å²) in [5.74, 6) is 0.197. The van der Waals surface area contributed by atoms with Crippen molar-refractivity contribution in [1.82, 2.24) is 0 Å². The minimum atomic E-state index is -0.0384. The molecular weight excluding hydrogens is 224 g/mol. The lowest BCUT2D eigenvalue weighted by atomic mass is 9.84. The summed E-state index contributed by atoms with van der Waals surface area (Å²) in [6.07, 6.45) is 0.516. The quantitative estimate of drug-likeness (QED) is 0.889. The molecule has 2 rings (SSSR count). The Labute approximate surface area is 109 Å². The maximum Gasteiger partial charge on any atom is 0.231 e. The summed E-state index contributed by atoms with van der Waals surface area (Å²) in [6.45, 7) is 8.96. The van der Waals surface area contributed by atoms with E-state index in [4.69, 9.17) is 5.73 Å². The molecule has 0 atom stereocenters. The Morgan fingerprint density at radius 3 is 2.61 bits per heavy atom. The van der Waals surface area contributed by atoms with Crippen LogP contribution >= 0.6 is 0 Å². The van der Waals surface area contributed by atoms with Gasteiger partial charge in [0.1, 0.15) is 0 Å². The summed E-state index contributed by atoms with van der Waals surface area (Å²) in [5.41, 5.74) is 9.17. The molecule has 0 aliphatic carbocycles. The average molecular weight is 246 g/mol. The van der Waals surface area contributed by atoms with E-state index in [2.05, 4.69) is 32.0 Å². The minimum Gasteiger partial charge on any atom is -0.330 e. The molecule has 0 unspecified atom stereocenters. The lowest BCUT2D eigenvalue weighted by Gasteiger charge is -2.25. The molecule has 2 N–H and O–H groups in total. The zero-order valence-electron chi connectivity index (χ0n) is 11.7. The van der Waals surface area contributed by atoms with Crippen LogP contribution in [0, 0.1) is 0 Å². The lowest BCUT2D eigenvalue weighted by molar-refractivity contribution is -0.117. The maximum atomic E-state index is 12.0. The zero-order valence-corrected chi connectivity index (χ0v) is 11.7. The van der Waals surface area contributed by atoms with Gasteiger partial charge in [0.05, 0.1) is 6.42 Å². The largest absolute Gasteiger partial charge is 0.330 e. The Morgan fingerprint density at radius 2 is 2.06 bits per heavy atom. The van der Waals surface area contributed by atoms with Crippen molar-refractivity contribution in [3.05, 3.63) is 29.3 Å². The van der Waals surface area contributed by atoms with Gasteiger partial charge in [-0.1, -0.05) is 26.0 Å².